The Morgan fingerprint density at radius 3 is 1.54 bits per heavy atom. The zero-order valence-corrected chi connectivity index (χ0v) is 34.6. The van der Waals surface area contributed by atoms with Crippen LogP contribution in [0.3, 0.4) is 0 Å². The number of benzene rings is 4. The predicted molar refractivity (Wildman–Crippen MR) is 226 cm³/mol. The van der Waals surface area contributed by atoms with Gasteiger partial charge in [0.05, 0.1) is 56.9 Å². The summed E-state index contributed by atoms with van der Waals surface area (Å²) in [7, 11) is 0. The first-order valence-corrected chi connectivity index (χ1v) is 20.8. The molecule has 1 saturated heterocycles. The van der Waals surface area contributed by atoms with Crippen molar-refractivity contribution in [2.24, 2.45) is 17.3 Å². The Labute approximate surface area is 340 Å². The van der Waals surface area contributed by atoms with E-state index in [2.05, 4.69) is 34.6 Å². The van der Waals surface area contributed by atoms with Gasteiger partial charge in [-0.05, 0) is 134 Å². The van der Waals surface area contributed by atoms with Crippen LogP contribution in [0.15, 0.2) is 97.1 Å². The van der Waals surface area contributed by atoms with E-state index < -0.39 is 0 Å². The van der Waals surface area contributed by atoms with Gasteiger partial charge in [-0.15, -0.1) is 0 Å². The average molecular weight is 779 g/mol. The molecule has 1 aliphatic rings. The minimum Gasteiger partial charge on any atom is -0.494 e. The van der Waals surface area contributed by atoms with Gasteiger partial charge in [0.15, 0.2) is 0 Å². The molecule has 4 aromatic rings. The van der Waals surface area contributed by atoms with E-state index in [9.17, 15) is 9.59 Å². The third-order valence-corrected chi connectivity index (χ3v) is 10.7. The first-order valence-electron chi connectivity index (χ1n) is 20.8. The van der Waals surface area contributed by atoms with Crippen molar-refractivity contribution in [1.29, 1.82) is 0 Å². The zero-order valence-electron chi connectivity index (χ0n) is 34.6. The summed E-state index contributed by atoms with van der Waals surface area (Å²) in [6.45, 7) is 15.3. The lowest BCUT2D eigenvalue weighted by Crippen LogP contribution is -2.43. The zero-order chi connectivity index (χ0) is 40.5. The number of carbonyl (C=O) groups is 2. The summed E-state index contributed by atoms with van der Waals surface area (Å²) in [4.78, 5) is 25.3. The van der Waals surface area contributed by atoms with Crippen molar-refractivity contribution in [1.82, 2.24) is 0 Å². The van der Waals surface area contributed by atoms with Gasteiger partial charge in [-0.25, -0.2) is 9.59 Å². The first-order chi connectivity index (χ1) is 27.6. The highest BCUT2D eigenvalue weighted by Crippen LogP contribution is 2.28. The first kappa shape index (κ1) is 43.5. The monoisotopic (exact) mass is 778 g/mol. The third-order valence-electron chi connectivity index (χ3n) is 10.7. The third kappa shape index (κ3) is 14.3. The molecule has 306 valence electrons. The highest BCUT2D eigenvalue weighted by molar-refractivity contribution is 5.90. The molecule has 1 aliphatic heterocycles. The Kier molecular flexibility index (Phi) is 17.0. The Bertz CT molecular complexity index is 1780. The molecular formula is C49H62O8. The second kappa shape index (κ2) is 22.3. The molecule has 0 aromatic heterocycles. The van der Waals surface area contributed by atoms with Gasteiger partial charge in [0.1, 0.15) is 11.5 Å². The van der Waals surface area contributed by atoms with Crippen LogP contribution in [0, 0.1) is 17.3 Å². The highest BCUT2D eigenvalue weighted by Gasteiger charge is 2.33. The minimum atomic E-state index is -0.328. The molecule has 0 saturated carbocycles. The molecule has 0 amide bonds. The quantitative estimate of drug-likeness (QED) is 0.0513. The van der Waals surface area contributed by atoms with Crippen LogP contribution in [0.5, 0.6) is 11.5 Å². The summed E-state index contributed by atoms with van der Waals surface area (Å²) in [6, 6.07) is 31.0. The van der Waals surface area contributed by atoms with Crippen LogP contribution >= 0.6 is 0 Å². The van der Waals surface area contributed by atoms with E-state index in [1.165, 1.54) is 0 Å². The second-order valence-corrected chi connectivity index (χ2v) is 16.1. The minimum absolute atomic E-state index is 0.177. The van der Waals surface area contributed by atoms with Crippen molar-refractivity contribution < 1.29 is 38.0 Å². The molecular weight excluding hydrogens is 717 g/mol. The maximum absolute atomic E-state index is 12.7. The van der Waals surface area contributed by atoms with Gasteiger partial charge in [-0.1, -0.05) is 76.2 Å². The summed E-state index contributed by atoms with van der Waals surface area (Å²) in [5, 5.41) is 0. The van der Waals surface area contributed by atoms with Crippen LogP contribution in [-0.4, -0.2) is 64.3 Å². The lowest BCUT2D eigenvalue weighted by atomic mass is 9.90. The fraction of sp³-hybridized carbons (Fsp3) is 0.469. The van der Waals surface area contributed by atoms with Crippen LogP contribution < -0.4 is 9.47 Å². The van der Waals surface area contributed by atoms with Crippen molar-refractivity contribution in [3.63, 3.8) is 0 Å². The van der Waals surface area contributed by atoms with Crippen LogP contribution in [0.25, 0.3) is 22.3 Å². The number of hydrogen-bond donors (Lipinski definition) is 0. The van der Waals surface area contributed by atoms with Gasteiger partial charge in [-0.2, -0.15) is 0 Å². The Morgan fingerprint density at radius 1 is 0.596 bits per heavy atom. The predicted octanol–water partition coefficient (Wildman–Crippen LogP) is 11.3. The van der Waals surface area contributed by atoms with Crippen molar-refractivity contribution >= 4 is 11.9 Å². The van der Waals surface area contributed by atoms with Gasteiger partial charge in [0, 0.05) is 12.0 Å². The van der Waals surface area contributed by atoms with E-state index in [0.29, 0.717) is 42.8 Å². The fourth-order valence-electron chi connectivity index (χ4n) is 6.55. The molecule has 1 heterocycles. The van der Waals surface area contributed by atoms with E-state index in [-0.39, 0.29) is 23.5 Å². The molecule has 5 rings (SSSR count). The number of hydrogen-bond acceptors (Lipinski definition) is 8. The smallest absolute Gasteiger partial charge is 0.338 e. The summed E-state index contributed by atoms with van der Waals surface area (Å²) in [5.41, 5.74) is 5.43. The molecule has 0 spiro atoms. The van der Waals surface area contributed by atoms with E-state index in [1.54, 1.807) is 12.1 Å². The highest BCUT2D eigenvalue weighted by atomic mass is 16.5. The average Bonchev–Trinajstić information content (AvgIpc) is 3.22. The Hall–Kier alpha value is -4.66. The van der Waals surface area contributed by atoms with Gasteiger partial charge in [0.2, 0.25) is 0 Å². The lowest BCUT2D eigenvalue weighted by Gasteiger charge is -2.37. The Morgan fingerprint density at radius 2 is 1.05 bits per heavy atom. The molecule has 0 radical (unpaired) electrons. The van der Waals surface area contributed by atoms with Gasteiger partial charge < -0.3 is 28.4 Å². The van der Waals surface area contributed by atoms with Crippen LogP contribution in [0.2, 0.25) is 0 Å². The second-order valence-electron chi connectivity index (χ2n) is 16.1. The standard InChI is InChI=1S/C49H62O8/c1-6-38(4)57-46-25-21-42(22-26-46)40-13-17-44(18-14-40)48(51)56-32-28-37(3)10-8-30-55-47(50)43-15-11-39(12-16-43)41-19-23-45(24-20-41)54-29-7-9-36(2)27-31-52-33-49(5)34-53-35-49/h11-26,36-38H,6-10,27-35H2,1-5H3/t36?,37-,38-/m0/s1. The number of carbonyl (C=O) groups excluding carboxylic acids is 2. The molecule has 0 bridgehead atoms. The maximum atomic E-state index is 12.7. The molecule has 57 heavy (non-hydrogen) atoms. The maximum Gasteiger partial charge on any atom is 0.338 e. The van der Waals surface area contributed by atoms with E-state index in [1.807, 2.05) is 84.9 Å². The molecule has 8 heteroatoms. The number of rotatable bonds is 24. The normalized spacial score (nSPS) is 14.8. The number of esters is 2. The summed E-state index contributed by atoms with van der Waals surface area (Å²) in [6.07, 6.45) is 6.66. The summed E-state index contributed by atoms with van der Waals surface area (Å²) in [5.74, 6) is 1.97. The van der Waals surface area contributed by atoms with Crippen LogP contribution in [0.4, 0.5) is 0 Å². The van der Waals surface area contributed by atoms with E-state index in [4.69, 9.17) is 28.4 Å². The summed E-state index contributed by atoms with van der Waals surface area (Å²) < 4.78 is 34.1. The van der Waals surface area contributed by atoms with Crippen LogP contribution in [-0.2, 0) is 18.9 Å². The van der Waals surface area contributed by atoms with Gasteiger partial charge >= 0.3 is 11.9 Å². The molecule has 1 fully saturated rings. The topological polar surface area (TPSA) is 89.5 Å². The van der Waals surface area contributed by atoms with Crippen LogP contribution in [0.1, 0.15) is 100 Å². The van der Waals surface area contributed by atoms with Crippen molar-refractivity contribution in [2.75, 3.05) is 46.2 Å². The molecule has 1 unspecified atom stereocenters. The van der Waals surface area contributed by atoms with Crippen molar-refractivity contribution in [3.8, 4) is 33.8 Å². The SMILES string of the molecule is CC[C@H](C)Oc1ccc(-c2ccc(C(=O)OCC[C@@H](C)CCCOC(=O)c3ccc(-c4ccc(OCCCC(C)CCOCC5(C)COC5)cc4)cc3)cc2)cc1. The van der Waals surface area contributed by atoms with E-state index >= 15 is 0 Å². The molecule has 8 nitrogen and oxygen atoms in total. The van der Waals surface area contributed by atoms with Crippen molar-refractivity contribution in [3.05, 3.63) is 108 Å². The largest absolute Gasteiger partial charge is 0.494 e. The lowest BCUT2D eigenvalue weighted by molar-refractivity contribution is -0.138. The molecule has 0 aliphatic carbocycles. The van der Waals surface area contributed by atoms with Gasteiger partial charge in [-0.3, -0.25) is 0 Å². The molecule has 4 aromatic carbocycles. The fourth-order valence-corrected chi connectivity index (χ4v) is 6.55. The van der Waals surface area contributed by atoms with Crippen molar-refractivity contribution in [2.45, 2.75) is 85.7 Å². The summed E-state index contributed by atoms with van der Waals surface area (Å²) >= 11 is 0. The van der Waals surface area contributed by atoms with E-state index in [0.717, 1.165) is 105 Å². The van der Waals surface area contributed by atoms with Gasteiger partial charge in [0.25, 0.3) is 0 Å². The molecule has 3 atom stereocenters. The molecule has 0 N–H and O–H groups in total. The Balaban J connectivity index is 0.912. The number of ether oxygens (including phenoxy) is 6.